The fraction of sp³-hybridized carbons (Fsp3) is 0.400. The second-order valence-electron chi connectivity index (χ2n) is 5.25. The molecule has 1 aliphatic heterocycles. The molecule has 100 valence electrons. The van der Waals surface area contributed by atoms with Gasteiger partial charge in [0, 0.05) is 25.0 Å². The number of hydrogen-bond acceptors (Lipinski definition) is 3. The number of imidazole rings is 1. The van der Waals surface area contributed by atoms with Crippen molar-refractivity contribution in [1.29, 1.82) is 0 Å². The van der Waals surface area contributed by atoms with Gasteiger partial charge in [0.1, 0.15) is 5.75 Å². The zero-order valence-corrected chi connectivity index (χ0v) is 10.9. The Morgan fingerprint density at radius 2 is 2.16 bits per heavy atom. The number of aromatic nitrogens is 2. The largest absolute Gasteiger partial charge is 0.508 e. The first kappa shape index (κ1) is 12.2. The highest BCUT2D eigenvalue weighted by Gasteiger charge is 2.22. The highest BCUT2D eigenvalue weighted by Crippen LogP contribution is 2.29. The van der Waals surface area contributed by atoms with Gasteiger partial charge in [-0.25, -0.2) is 4.98 Å². The smallest absolute Gasteiger partial charge is 0.115 e. The predicted octanol–water partition coefficient (Wildman–Crippen LogP) is 2.33. The third kappa shape index (κ3) is 2.96. The van der Waals surface area contributed by atoms with Crippen LogP contribution in [-0.4, -0.2) is 21.2 Å². The number of nitrogens with zero attached hydrogens (tertiary/aromatic N) is 2. The van der Waals surface area contributed by atoms with Gasteiger partial charge in [-0.1, -0.05) is 12.1 Å². The van der Waals surface area contributed by atoms with Crippen LogP contribution in [0.15, 0.2) is 43.0 Å². The van der Waals surface area contributed by atoms with Crippen LogP contribution in [0.4, 0.5) is 0 Å². The molecule has 0 aliphatic carbocycles. The summed E-state index contributed by atoms with van der Waals surface area (Å²) in [6.07, 6.45) is 8.07. The number of rotatable bonds is 3. The molecule has 1 aromatic carbocycles. The molecular weight excluding hydrogens is 238 g/mol. The minimum absolute atomic E-state index is 0.328. The van der Waals surface area contributed by atoms with E-state index in [0.29, 0.717) is 17.7 Å². The Balaban J connectivity index is 1.66. The van der Waals surface area contributed by atoms with Crippen LogP contribution in [-0.2, 0) is 6.54 Å². The van der Waals surface area contributed by atoms with Crippen molar-refractivity contribution in [3.63, 3.8) is 0 Å². The fourth-order valence-corrected chi connectivity index (χ4v) is 2.82. The lowest BCUT2D eigenvalue weighted by molar-refractivity contribution is 0.277. The first-order valence-corrected chi connectivity index (χ1v) is 6.79. The number of piperidine rings is 1. The maximum Gasteiger partial charge on any atom is 0.115 e. The normalized spacial score (nSPS) is 23.4. The Kier molecular flexibility index (Phi) is 3.51. The van der Waals surface area contributed by atoms with Gasteiger partial charge in [0.25, 0.3) is 0 Å². The van der Waals surface area contributed by atoms with Crippen LogP contribution in [0.2, 0.25) is 0 Å². The molecule has 2 heterocycles. The Hall–Kier alpha value is -1.81. The maximum absolute atomic E-state index is 9.35. The van der Waals surface area contributed by atoms with Gasteiger partial charge in [0.2, 0.25) is 0 Å². The Bertz CT molecular complexity index is 507. The highest BCUT2D eigenvalue weighted by atomic mass is 16.3. The van der Waals surface area contributed by atoms with Crippen LogP contribution in [0.3, 0.4) is 0 Å². The van der Waals surface area contributed by atoms with Gasteiger partial charge >= 0.3 is 0 Å². The van der Waals surface area contributed by atoms with Gasteiger partial charge in [0.15, 0.2) is 0 Å². The fourth-order valence-electron chi connectivity index (χ4n) is 2.82. The molecule has 0 bridgehead atoms. The molecular formula is C15H19N3O. The van der Waals surface area contributed by atoms with Crippen molar-refractivity contribution < 1.29 is 5.11 Å². The molecule has 2 N–H and O–H groups in total. The summed E-state index contributed by atoms with van der Waals surface area (Å²) in [5, 5.41) is 12.9. The first-order chi connectivity index (χ1) is 9.31. The lowest BCUT2D eigenvalue weighted by Crippen LogP contribution is -2.33. The third-order valence-electron chi connectivity index (χ3n) is 3.84. The van der Waals surface area contributed by atoms with Gasteiger partial charge < -0.3 is 15.0 Å². The zero-order valence-electron chi connectivity index (χ0n) is 10.9. The summed E-state index contributed by atoms with van der Waals surface area (Å²) >= 11 is 0. The van der Waals surface area contributed by atoms with E-state index in [-0.39, 0.29) is 0 Å². The van der Waals surface area contributed by atoms with Gasteiger partial charge in [0.05, 0.1) is 6.33 Å². The molecule has 1 fully saturated rings. The summed E-state index contributed by atoms with van der Waals surface area (Å²) < 4.78 is 2.16. The molecule has 0 saturated carbocycles. The van der Waals surface area contributed by atoms with Crippen molar-refractivity contribution in [2.75, 3.05) is 6.54 Å². The topological polar surface area (TPSA) is 50.1 Å². The van der Waals surface area contributed by atoms with E-state index in [0.717, 1.165) is 19.5 Å². The van der Waals surface area contributed by atoms with Crippen molar-refractivity contribution in [2.24, 2.45) is 5.92 Å². The van der Waals surface area contributed by atoms with Crippen LogP contribution in [0.25, 0.3) is 0 Å². The summed E-state index contributed by atoms with van der Waals surface area (Å²) in [6.45, 7) is 2.08. The van der Waals surface area contributed by atoms with Crippen molar-refractivity contribution in [2.45, 2.75) is 25.4 Å². The molecule has 1 saturated heterocycles. The molecule has 4 heteroatoms. The maximum atomic E-state index is 9.35. The Labute approximate surface area is 113 Å². The van der Waals surface area contributed by atoms with Crippen LogP contribution in [0, 0.1) is 5.92 Å². The molecule has 1 aliphatic rings. The molecule has 19 heavy (non-hydrogen) atoms. The monoisotopic (exact) mass is 257 g/mol. The molecule has 2 unspecified atom stereocenters. The molecule has 0 radical (unpaired) electrons. The van der Waals surface area contributed by atoms with Crippen molar-refractivity contribution in [1.82, 2.24) is 14.9 Å². The summed E-state index contributed by atoms with van der Waals surface area (Å²) in [5.74, 6) is 1.00. The summed E-state index contributed by atoms with van der Waals surface area (Å²) in [5.41, 5.74) is 1.26. The Morgan fingerprint density at radius 1 is 1.32 bits per heavy atom. The first-order valence-electron chi connectivity index (χ1n) is 6.79. The average molecular weight is 257 g/mol. The summed E-state index contributed by atoms with van der Waals surface area (Å²) in [4.78, 5) is 4.09. The molecule has 2 atom stereocenters. The van der Waals surface area contributed by atoms with E-state index in [1.165, 1.54) is 12.0 Å². The average Bonchev–Trinajstić information content (AvgIpc) is 2.93. The molecule has 2 aromatic rings. The second-order valence-corrected chi connectivity index (χ2v) is 5.25. The van der Waals surface area contributed by atoms with E-state index in [2.05, 4.69) is 14.9 Å². The SMILES string of the molecule is Oc1ccc(C2CC(Cn3ccnc3)CCN2)cc1. The van der Waals surface area contributed by atoms with Crippen LogP contribution in [0.5, 0.6) is 5.75 Å². The van der Waals surface area contributed by atoms with E-state index >= 15 is 0 Å². The highest BCUT2D eigenvalue weighted by molar-refractivity contribution is 5.28. The van der Waals surface area contributed by atoms with Crippen LogP contribution < -0.4 is 5.32 Å². The second kappa shape index (κ2) is 5.45. The minimum Gasteiger partial charge on any atom is -0.508 e. The molecule has 4 nitrogen and oxygen atoms in total. The lowest BCUT2D eigenvalue weighted by Gasteiger charge is -2.31. The lowest BCUT2D eigenvalue weighted by atomic mass is 9.88. The number of phenols is 1. The van der Waals surface area contributed by atoms with Gasteiger partial charge in [-0.2, -0.15) is 0 Å². The number of hydrogen-bond donors (Lipinski definition) is 2. The van der Waals surface area contributed by atoms with Crippen LogP contribution in [0.1, 0.15) is 24.4 Å². The number of aromatic hydroxyl groups is 1. The van der Waals surface area contributed by atoms with E-state index in [1.807, 2.05) is 30.9 Å². The predicted molar refractivity (Wildman–Crippen MR) is 73.8 cm³/mol. The molecule has 0 spiro atoms. The van der Waals surface area contributed by atoms with E-state index in [4.69, 9.17) is 0 Å². The number of phenolic OH excluding ortho intramolecular Hbond substituents is 1. The van der Waals surface area contributed by atoms with E-state index < -0.39 is 0 Å². The third-order valence-corrected chi connectivity index (χ3v) is 3.84. The summed E-state index contributed by atoms with van der Waals surface area (Å²) in [7, 11) is 0. The minimum atomic E-state index is 0.328. The summed E-state index contributed by atoms with van der Waals surface area (Å²) in [6, 6.07) is 7.93. The molecule has 0 amide bonds. The van der Waals surface area contributed by atoms with Gasteiger partial charge in [-0.3, -0.25) is 0 Å². The van der Waals surface area contributed by atoms with E-state index in [1.54, 1.807) is 12.1 Å². The standard InChI is InChI=1S/C15H19N3O/c19-14-3-1-13(2-4-14)15-9-12(5-6-17-15)10-18-8-7-16-11-18/h1-4,7-8,11-12,15,17,19H,5-6,9-10H2. The van der Waals surface area contributed by atoms with Crippen molar-refractivity contribution in [3.8, 4) is 5.75 Å². The van der Waals surface area contributed by atoms with E-state index in [9.17, 15) is 5.11 Å². The van der Waals surface area contributed by atoms with Crippen molar-refractivity contribution in [3.05, 3.63) is 48.5 Å². The Morgan fingerprint density at radius 3 is 2.89 bits per heavy atom. The van der Waals surface area contributed by atoms with Crippen LogP contribution >= 0.6 is 0 Å². The quantitative estimate of drug-likeness (QED) is 0.887. The van der Waals surface area contributed by atoms with Crippen molar-refractivity contribution >= 4 is 0 Å². The van der Waals surface area contributed by atoms with Gasteiger partial charge in [-0.05, 0) is 43.0 Å². The molecule has 3 rings (SSSR count). The zero-order chi connectivity index (χ0) is 13.1. The molecule has 1 aromatic heterocycles. The number of nitrogens with one attached hydrogen (secondary N) is 1. The van der Waals surface area contributed by atoms with Gasteiger partial charge in [-0.15, -0.1) is 0 Å². The number of benzene rings is 1.